The molecule has 0 N–H and O–H groups in total. The predicted molar refractivity (Wildman–Crippen MR) is 125 cm³/mol. The van der Waals surface area contributed by atoms with Crippen LogP contribution in [0.1, 0.15) is 20.8 Å². The predicted octanol–water partition coefficient (Wildman–Crippen LogP) is 0.586. The maximum absolute atomic E-state index is 12.9. The summed E-state index contributed by atoms with van der Waals surface area (Å²) in [5.41, 5.74) is 0.819. The van der Waals surface area contributed by atoms with Crippen LogP contribution in [0.3, 0.4) is 0 Å². The lowest BCUT2D eigenvalue weighted by atomic mass is 10.2. The quantitative estimate of drug-likeness (QED) is 0.553. The van der Waals surface area contributed by atoms with Crippen molar-refractivity contribution in [1.82, 2.24) is 34.7 Å². The molecule has 0 radical (unpaired) electrons. The Kier molecular flexibility index (Phi) is 6.23. The second-order valence-electron chi connectivity index (χ2n) is 8.09. The van der Waals surface area contributed by atoms with Crippen LogP contribution in [0.15, 0.2) is 55.2 Å². The van der Waals surface area contributed by atoms with E-state index in [9.17, 15) is 9.59 Å². The van der Waals surface area contributed by atoms with E-state index in [2.05, 4.69) is 34.7 Å². The van der Waals surface area contributed by atoms with Crippen LogP contribution in [-0.2, 0) is 0 Å². The number of piperazine rings is 2. The summed E-state index contributed by atoms with van der Waals surface area (Å²) in [5.74, 6) is 1.13. The average Bonchev–Trinajstić information content (AvgIpc) is 2.93. The van der Waals surface area contributed by atoms with Crippen molar-refractivity contribution >= 4 is 23.7 Å². The summed E-state index contributed by atoms with van der Waals surface area (Å²) < 4.78 is 0. The largest absolute Gasteiger partial charge is 0.337 e. The van der Waals surface area contributed by atoms with Gasteiger partial charge in [-0.2, -0.15) is 0 Å². The Morgan fingerprint density at radius 2 is 1.06 bits per heavy atom. The van der Waals surface area contributed by atoms with E-state index in [1.54, 1.807) is 58.9 Å². The first-order valence-electron chi connectivity index (χ1n) is 11.3. The molecule has 0 atom stereocenters. The molecular formula is C23H25N9O2. The molecule has 2 saturated heterocycles. The molecule has 0 unspecified atom stereocenters. The summed E-state index contributed by atoms with van der Waals surface area (Å²) in [6.45, 7) is 4.93. The van der Waals surface area contributed by atoms with Crippen LogP contribution in [0.5, 0.6) is 0 Å². The maximum Gasteiger partial charge on any atom is 0.272 e. The number of carbonyl (C=O) groups excluding carboxylic acids is 2. The van der Waals surface area contributed by atoms with E-state index >= 15 is 0 Å². The lowest BCUT2D eigenvalue weighted by molar-refractivity contribution is 0.0729. The van der Waals surface area contributed by atoms with Gasteiger partial charge in [-0.3, -0.25) is 14.6 Å². The third-order valence-electron chi connectivity index (χ3n) is 6.03. The van der Waals surface area contributed by atoms with Gasteiger partial charge < -0.3 is 19.6 Å². The molecular weight excluding hydrogens is 434 g/mol. The zero-order valence-corrected chi connectivity index (χ0v) is 18.7. The summed E-state index contributed by atoms with van der Waals surface area (Å²) in [7, 11) is 0. The molecule has 34 heavy (non-hydrogen) atoms. The van der Waals surface area contributed by atoms with Crippen molar-refractivity contribution in [3.8, 4) is 0 Å². The van der Waals surface area contributed by atoms with E-state index in [0.717, 1.165) is 0 Å². The number of pyridine rings is 1. The van der Waals surface area contributed by atoms with E-state index < -0.39 is 0 Å². The second-order valence-corrected chi connectivity index (χ2v) is 8.09. The lowest BCUT2D eigenvalue weighted by Crippen LogP contribution is -2.49. The molecule has 0 aromatic carbocycles. The highest BCUT2D eigenvalue weighted by Gasteiger charge is 2.26. The normalized spacial score (nSPS) is 16.5. The highest BCUT2D eigenvalue weighted by molar-refractivity contribution is 5.96. The molecule has 2 aliphatic rings. The summed E-state index contributed by atoms with van der Waals surface area (Å²) in [4.78, 5) is 54.9. The minimum absolute atomic E-state index is 0.0865. The number of carbonyl (C=O) groups is 2. The monoisotopic (exact) mass is 459 g/mol. The third kappa shape index (κ3) is 4.63. The summed E-state index contributed by atoms with van der Waals surface area (Å²) in [6.07, 6.45) is 8.35. The van der Waals surface area contributed by atoms with Crippen LogP contribution in [-0.4, -0.2) is 98.9 Å². The number of anilines is 2. The third-order valence-corrected chi connectivity index (χ3v) is 6.03. The Balaban J connectivity index is 1.15. The van der Waals surface area contributed by atoms with Gasteiger partial charge in [0.25, 0.3) is 11.8 Å². The van der Waals surface area contributed by atoms with Gasteiger partial charge in [-0.25, -0.2) is 19.9 Å². The molecule has 11 heteroatoms. The molecule has 2 aliphatic heterocycles. The molecule has 5 heterocycles. The van der Waals surface area contributed by atoms with Crippen LogP contribution in [0, 0.1) is 0 Å². The van der Waals surface area contributed by atoms with Crippen molar-refractivity contribution in [1.29, 1.82) is 0 Å². The summed E-state index contributed by atoms with van der Waals surface area (Å²) in [6, 6.07) is 6.88. The van der Waals surface area contributed by atoms with Gasteiger partial charge in [0, 0.05) is 83.3 Å². The van der Waals surface area contributed by atoms with Crippen molar-refractivity contribution in [2.24, 2.45) is 0 Å². The highest BCUT2D eigenvalue weighted by atomic mass is 16.2. The van der Waals surface area contributed by atoms with Gasteiger partial charge >= 0.3 is 0 Å². The standard InChI is InChI=1S/C23H25N9O2/c33-20(29-9-13-31(14-10-29)22-24-5-1-6-25-22)18-3-4-19(28-17-18)21(34)30-11-15-32(16-12-30)23-26-7-2-8-27-23/h1-8,17H,9-16H2. The number of rotatable bonds is 4. The fraction of sp³-hybridized carbons (Fsp3) is 0.348. The van der Waals surface area contributed by atoms with Crippen LogP contribution in [0.2, 0.25) is 0 Å². The van der Waals surface area contributed by atoms with E-state index in [4.69, 9.17) is 0 Å². The lowest BCUT2D eigenvalue weighted by Gasteiger charge is -2.35. The van der Waals surface area contributed by atoms with Gasteiger partial charge in [0.05, 0.1) is 5.56 Å². The molecule has 2 fully saturated rings. The first-order valence-corrected chi connectivity index (χ1v) is 11.3. The Hall–Kier alpha value is -4.15. The Labute approximate surface area is 197 Å². The first-order chi connectivity index (χ1) is 16.7. The molecule has 2 amide bonds. The topological polar surface area (TPSA) is 112 Å². The highest BCUT2D eigenvalue weighted by Crippen LogP contribution is 2.15. The van der Waals surface area contributed by atoms with Gasteiger partial charge in [-0.15, -0.1) is 0 Å². The Morgan fingerprint density at radius 3 is 1.50 bits per heavy atom. The molecule has 0 aliphatic carbocycles. The number of hydrogen-bond donors (Lipinski definition) is 0. The van der Waals surface area contributed by atoms with Gasteiger partial charge in [-0.1, -0.05) is 0 Å². The van der Waals surface area contributed by atoms with Crippen LogP contribution < -0.4 is 9.80 Å². The van der Waals surface area contributed by atoms with E-state index in [1.165, 1.54) is 6.20 Å². The molecule has 0 bridgehead atoms. The zero-order chi connectivity index (χ0) is 23.3. The minimum Gasteiger partial charge on any atom is -0.337 e. The molecule has 11 nitrogen and oxygen atoms in total. The van der Waals surface area contributed by atoms with E-state index in [0.29, 0.717) is 75.5 Å². The number of aromatic nitrogens is 5. The molecule has 0 spiro atoms. The molecule has 3 aromatic rings. The molecule has 5 rings (SSSR count). The van der Waals surface area contributed by atoms with Crippen LogP contribution >= 0.6 is 0 Å². The molecule has 3 aromatic heterocycles. The van der Waals surface area contributed by atoms with Crippen molar-refractivity contribution in [3.63, 3.8) is 0 Å². The fourth-order valence-electron chi connectivity index (χ4n) is 4.12. The van der Waals surface area contributed by atoms with Crippen molar-refractivity contribution in [2.75, 3.05) is 62.2 Å². The smallest absolute Gasteiger partial charge is 0.272 e. The van der Waals surface area contributed by atoms with Crippen molar-refractivity contribution in [2.45, 2.75) is 0 Å². The van der Waals surface area contributed by atoms with Gasteiger partial charge in [-0.05, 0) is 24.3 Å². The van der Waals surface area contributed by atoms with E-state index in [-0.39, 0.29) is 11.8 Å². The van der Waals surface area contributed by atoms with Gasteiger partial charge in [0.15, 0.2) is 0 Å². The summed E-state index contributed by atoms with van der Waals surface area (Å²) >= 11 is 0. The van der Waals surface area contributed by atoms with Crippen LogP contribution in [0.4, 0.5) is 11.9 Å². The van der Waals surface area contributed by atoms with Crippen molar-refractivity contribution in [3.05, 3.63) is 66.5 Å². The second kappa shape index (κ2) is 9.77. The average molecular weight is 460 g/mol. The van der Waals surface area contributed by atoms with Crippen molar-refractivity contribution < 1.29 is 9.59 Å². The zero-order valence-electron chi connectivity index (χ0n) is 18.7. The Morgan fingerprint density at radius 1 is 0.588 bits per heavy atom. The number of hydrogen-bond acceptors (Lipinski definition) is 9. The summed E-state index contributed by atoms with van der Waals surface area (Å²) in [5, 5.41) is 0. The Bertz CT molecular complexity index is 1020. The fourth-order valence-corrected chi connectivity index (χ4v) is 4.12. The number of amides is 2. The van der Waals surface area contributed by atoms with E-state index in [1.807, 2.05) is 0 Å². The first kappa shape index (κ1) is 21.7. The van der Waals surface area contributed by atoms with Gasteiger partial charge in [0.1, 0.15) is 5.69 Å². The SMILES string of the molecule is O=C(c1ccc(C(=O)N2CCN(c3ncccn3)CC2)nc1)N1CCN(c2ncccn2)CC1. The minimum atomic E-state index is -0.135. The van der Waals surface area contributed by atoms with Crippen LogP contribution in [0.25, 0.3) is 0 Å². The molecule has 0 saturated carbocycles. The van der Waals surface area contributed by atoms with Gasteiger partial charge in [0.2, 0.25) is 11.9 Å². The molecule has 174 valence electrons. The maximum atomic E-state index is 12.9. The number of nitrogens with zero attached hydrogens (tertiary/aromatic N) is 9.